The monoisotopic (exact) mass is 355 g/mol. The number of carbonyl (C=O) groups excluding carboxylic acids is 1. The second kappa shape index (κ2) is 7.81. The fraction of sp³-hybridized carbons (Fsp3) is 0.278. The zero-order chi connectivity index (χ0) is 17.6. The smallest absolute Gasteiger partial charge is 0.281 e. The van der Waals surface area contributed by atoms with Crippen molar-refractivity contribution in [3.63, 3.8) is 0 Å². The average molecular weight is 355 g/mol. The number of benzene rings is 1. The summed E-state index contributed by atoms with van der Waals surface area (Å²) in [6.07, 6.45) is 4.84. The van der Waals surface area contributed by atoms with Gasteiger partial charge in [-0.15, -0.1) is 11.3 Å². The van der Waals surface area contributed by atoms with Crippen molar-refractivity contribution >= 4 is 23.5 Å². The number of fused-ring (bicyclic) bond motifs is 1. The molecule has 2 aromatic rings. The van der Waals surface area contributed by atoms with Crippen LogP contribution in [-0.2, 0) is 12.8 Å². The van der Waals surface area contributed by atoms with Crippen LogP contribution in [0.3, 0.4) is 0 Å². The number of hydrogen-bond acceptors (Lipinski definition) is 6. The van der Waals surface area contributed by atoms with Crippen molar-refractivity contribution in [3.8, 4) is 17.6 Å². The Hall–Kier alpha value is -2.85. The minimum Gasteiger partial charge on any atom is -0.493 e. The number of aryl methyl sites for hydroxylation is 2. The largest absolute Gasteiger partial charge is 0.493 e. The van der Waals surface area contributed by atoms with E-state index in [0.717, 1.165) is 18.4 Å². The highest BCUT2D eigenvalue weighted by Gasteiger charge is 2.18. The van der Waals surface area contributed by atoms with Crippen LogP contribution in [0.5, 0.6) is 11.5 Å². The van der Waals surface area contributed by atoms with Crippen LogP contribution in [0.2, 0.25) is 0 Å². The summed E-state index contributed by atoms with van der Waals surface area (Å²) in [6.45, 7) is -0.0509. The van der Waals surface area contributed by atoms with E-state index in [1.807, 2.05) is 12.1 Å². The molecular formula is C18H17N3O3S. The predicted molar refractivity (Wildman–Crippen MR) is 95.5 cm³/mol. The molecule has 0 fully saturated rings. The summed E-state index contributed by atoms with van der Waals surface area (Å²) in [6, 6.07) is 9.06. The van der Waals surface area contributed by atoms with E-state index in [-0.39, 0.29) is 12.5 Å². The van der Waals surface area contributed by atoms with E-state index in [0.29, 0.717) is 16.4 Å². The summed E-state index contributed by atoms with van der Waals surface area (Å²) < 4.78 is 10.5. The lowest BCUT2D eigenvalue weighted by atomic mass is 10.2. The van der Waals surface area contributed by atoms with Gasteiger partial charge in [0.15, 0.2) is 18.1 Å². The van der Waals surface area contributed by atoms with Gasteiger partial charge in [0.2, 0.25) is 0 Å². The molecule has 1 N–H and O–H groups in total. The molecule has 1 aliphatic rings. The lowest BCUT2D eigenvalue weighted by Crippen LogP contribution is -2.16. The highest BCUT2D eigenvalue weighted by Crippen LogP contribution is 2.30. The molecule has 1 amide bonds. The summed E-state index contributed by atoms with van der Waals surface area (Å²) in [7, 11) is 1.52. The Kier molecular flexibility index (Phi) is 5.31. The molecule has 128 valence electrons. The molecule has 0 radical (unpaired) electrons. The number of ether oxygens (including phenoxy) is 2. The quantitative estimate of drug-likeness (QED) is 0.638. The number of nitriles is 1. The number of nitrogens with zero attached hydrogens (tertiary/aromatic N) is 2. The SMILES string of the molecule is COc1cc(/C=N\NC(=O)c2cc3c(s2)CCC3)ccc1OCC#N. The van der Waals surface area contributed by atoms with Crippen LogP contribution in [0.25, 0.3) is 0 Å². The Morgan fingerprint density at radius 2 is 2.28 bits per heavy atom. The number of methoxy groups -OCH3 is 1. The van der Waals surface area contributed by atoms with E-state index in [9.17, 15) is 4.79 Å². The Labute approximate surface area is 149 Å². The number of hydrazone groups is 1. The fourth-order valence-electron chi connectivity index (χ4n) is 2.66. The molecule has 1 aromatic heterocycles. The third kappa shape index (κ3) is 3.98. The van der Waals surface area contributed by atoms with Crippen LogP contribution in [0.1, 0.15) is 32.1 Å². The van der Waals surface area contributed by atoms with Crippen LogP contribution >= 0.6 is 11.3 Å². The Morgan fingerprint density at radius 1 is 1.40 bits per heavy atom. The van der Waals surface area contributed by atoms with Gasteiger partial charge in [0.05, 0.1) is 18.2 Å². The molecule has 0 unspecified atom stereocenters. The topological polar surface area (TPSA) is 83.7 Å². The third-order valence-corrected chi connectivity index (χ3v) is 5.07. The molecule has 0 atom stereocenters. The first-order chi connectivity index (χ1) is 12.2. The Balaban J connectivity index is 1.63. The Bertz CT molecular complexity index is 830. The number of hydrogen-bond donors (Lipinski definition) is 1. The number of rotatable bonds is 6. The second-order valence-electron chi connectivity index (χ2n) is 5.47. The van der Waals surface area contributed by atoms with Crippen molar-refractivity contribution in [2.75, 3.05) is 13.7 Å². The lowest BCUT2D eigenvalue weighted by Gasteiger charge is -2.08. The number of amides is 1. The summed E-state index contributed by atoms with van der Waals surface area (Å²) in [5.41, 5.74) is 4.58. The van der Waals surface area contributed by atoms with E-state index >= 15 is 0 Å². The molecule has 6 nitrogen and oxygen atoms in total. The van der Waals surface area contributed by atoms with Gasteiger partial charge in [-0.05, 0) is 54.7 Å². The van der Waals surface area contributed by atoms with Crippen molar-refractivity contribution in [1.82, 2.24) is 5.43 Å². The van der Waals surface area contributed by atoms with Gasteiger partial charge in [-0.2, -0.15) is 10.4 Å². The predicted octanol–water partition coefficient (Wildman–Crippen LogP) is 2.91. The van der Waals surface area contributed by atoms with Crippen molar-refractivity contribution < 1.29 is 14.3 Å². The van der Waals surface area contributed by atoms with E-state index in [2.05, 4.69) is 10.5 Å². The molecule has 7 heteroatoms. The van der Waals surface area contributed by atoms with Crippen molar-refractivity contribution in [3.05, 3.63) is 45.1 Å². The molecule has 25 heavy (non-hydrogen) atoms. The molecule has 1 heterocycles. The summed E-state index contributed by atoms with van der Waals surface area (Å²) >= 11 is 1.54. The standard InChI is InChI=1S/C18H17N3O3S/c1-23-15-9-12(5-6-14(15)24-8-7-19)11-20-21-18(22)17-10-13-3-2-4-16(13)25-17/h5-6,9-11H,2-4,8H2,1H3,(H,21,22)/b20-11-. The zero-order valence-corrected chi connectivity index (χ0v) is 14.6. The van der Waals surface area contributed by atoms with Gasteiger partial charge in [-0.3, -0.25) is 4.79 Å². The minimum absolute atomic E-state index is 0.0509. The zero-order valence-electron chi connectivity index (χ0n) is 13.7. The molecule has 0 bridgehead atoms. The fourth-order valence-corrected chi connectivity index (χ4v) is 3.80. The molecule has 3 rings (SSSR count). The molecule has 1 aliphatic carbocycles. The highest BCUT2D eigenvalue weighted by atomic mass is 32.1. The first-order valence-corrected chi connectivity index (χ1v) is 8.65. The molecule has 0 aliphatic heterocycles. The summed E-state index contributed by atoms with van der Waals surface area (Å²) in [5.74, 6) is 0.787. The van der Waals surface area contributed by atoms with Crippen molar-refractivity contribution in [2.45, 2.75) is 19.3 Å². The van der Waals surface area contributed by atoms with Crippen LogP contribution in [0, 0.1) is 11.3 Å². The van der Waals surface area contributed by atoms with Gasteiger partial charge in [0, 0.05) is 4.88 Å². The summed E-state index contributed by atoms with van der Waals surface area (Å²) in [4.78, 5) is 14.2. The van der Waals surface area contributed by atoms with Gasteiger partial charge >= 0.3 is 0 Å². The van der Waals surface area contributed by atoms with Crippen LogP contribution in [0.4, 0.5) is 0 Å². The van der Waals surface area contributed by atoms with Gasteiger partial charge in [-0.25, -0.2) is 5.43 Å². The molecule has 0 saturated carbocycles. The van der Waals surface area contributed by atoms with E-state index in [1.54, 1.807) is 29.5 Å². The van der Waals surface area contributed by atoms with Gasteiger partial charge in [0.25, 0.3) is 5.91 Å². The maximum atomic E-state index is 12.1. The number of thiophene rings is 1. The number of nitrogens with one attached hydrogen (secondary N) is 1. The second-order valence-corrected chi connectivity index (χ2v) is 6.61. The average Bonchev–Trinajstić information content (AvgIpc) is 3.22. The maximum Gasteiger partial charge on any atom is 0.281 e. The first-order valence-electron chi connectivity index (χ1n) is 7.84. The molecule has 0 saturated heterocycles. The normalized spacial score (nSPS) is 12.6. The lowest BCUT2D eigenvalue weighted by molar-refractivity contribution is 0.0959. The van der Waals surface area contributed by atoms with Crippen LogP contribution in [-0.4, -0.2) is 25.8 Å². The third-order valence-electron chi connectivity index (χ3n) is 3.83. The molecular weight excluding hydrogens is 338 g/mol. The Morgan fingerprint density at radius 3 is 3.04 bits per heavy atom. The van der Waals surface area contributed by atoms with Crippen LogP contribution in [0.15, 0.2) is 29.4 Å². The minimum atomic E-state index is -0.198. The van der Waals surface area contributed by atoms with Crippen molar-refractivity contribution in [1.29, 1.82) is 5.26 Å². The van der Waals surface area contributed by atoms with Gasteiger partial charge in [0.1, 0.15) is 6.07 Å². The van der Waals surface area contributed by atoms with Crippen molar-refractivity contribution in [2.24, 2.45) is 5.10 Å². The van der Waals surface area contributed by atoms with E-state index in [4.69, 9.17) is 14.7 Å². The van der Waals surface area contributed by atoms with Gasteiger partial charge in [-0.1, -0.05) is 0 Å². The summed E-state index contributed by atoms with van der Waals surface area (Å²) in [5, 5.41) is 12.6. The highest BCUT2D eigenvalue weighted by molar-refractivity contribution is 7.14. The van der Waals surface area contributed by atoms with Crippen LogP contribution < -0.4 is 14.9 Å². The molecule has 1 aromatic carbocycles. The molecule has 0 spiro atoms. The first kappa shape index (κ1) is 17.0. The van der Waals surface area contributed by atoms with Gasteiger partial charge < -0.3 is 9.47 Å². The number of carbonyl (C=O) groups is 1. The maximum absolute atomic E-state index is 12.1. The van der Waals surface area contributed by atoms with E-state index in [1.165, 1.54) is 30.2 Å². The van der Waals surface area contributed by atoms with E-state index < -0.39 is 0 Å².